The molecule has 4 N–H and O–H groups in total. The van der Waals surface area contributed by atoms with Gasteiger partial charge in [0.05, 0.1) is 0 Å². The molecule has 0 heterocycles. The SMILES string of the molecule is O[Si](O)(O)O.[Be+2].[H-].[H-].[Mn].[Zn]. The maximum Gasteiger partial charge on any atom is 2.00 e. The first-order valence-corrected chi connectivity index (χ1v) is 2.68. The van der Waals surface area contributed by atoms with Crippen molar-refractivity contribution in [1.82, 2.24) is 0 Å². The zero-order valence-corrected chi connectivity index (χ0v) is 9.23. The minimum Gasteiger partial charge on any atom is -1.00 e. The van der Waals surface area contributed by atoms with Crippen LogP contribution in [0.3, 0.4) is 0 Å². The molecule has 4 nitrogen and oxygen atoms in total. The summed E-state index contributed by atoms with van der Waals surface area (Å²) in [5.74, 6) is 0. The fraction of sp³-hybridized carbons (Fsp3) is 0. The fourth-order valence-electron chi connectivity index (χ4n) is 0. The standard InChI is InChI=1S/Be.Mn.H4O4Si.Zn.2H/c;;1-5(2,3)4;;;/h;;1-4H;;;/q+2;;;;2*-1. The minimum atomic E-state index is -4.61. The zero-order valence-electron chi connectivity index (χ0n) is 6.08. The molecule has 0 saturated carbocycles. The molecule has 0 aliphatic heterocycles. The second-order valence-electron chi connectivity index (χ2n) is 0.600. The van der Waals surface area contributed by atoms with Crippen molar-refractivity contribution in [3.8, 4) is 0 Å². The average molecular weight is 227 g/mol. The van der Waals surface area contributed by atoms with Gasteiger partial charge in [-0.25, -0.2) is 0 Å². The van der Waals surface area contributed by atoms with E-state index >= 15 is 0 Å². The van der Waals surface area contributed by atoms with Gasteiger partial charge in [-0.15, -0.1) is 0 Å². The Morgan fingerprint density at radius 2 is 1.00 bits per heavy atom. The molecular formula is H6BeMnO4SiZn. The third-order valence-electron chi connectivity index (χ3n) is 0. The summed E-state index contributed by atoms with van der Waals surface area (Å²) in [7, 11) is -4.61. The Kier molecular flexibility index (Phi) is 23.8. The first-order valence-electron chi connectivity index (χ1n) is 0.894. The Labute approximate surface area is 77.8 Å². The molecule has 45 valence electrons. The van der Waals surface area contributed by atoms with Gasteiger partial charge in [-0.05, 0) is 0 Å². The molecule has 0 fully saturated rings. The van der Waals surface area contributed by atoms with Crippen LogP contribution in [0.4, 0.5) is 0 Å². The summed E-state index contributed by atoms with van der Waals surface area (Å²) in [6, 6.07) is 0. The Morgan fingerprint density at radius 3 is 1.00 bits per heavy atom. The first-order chi connectivity index (χ1) is 2.00. The van der Waals surface area contributed by atoms with Crippen LogP contribution in [0, 0.1) is 0 Å². The van der Waals surface area contributed by atoms with E-state index < -0.39 is 9.05 Å². The van der Waals surface area contributed by atoms with Crippen LogP contribution in [0.1, 0.15) is 2.85 Å². The van der Waals surface area contributed by atoms with E-state index in [2.05, 4.69) is 0 Å². The fourth-order valence-corrected chi connectivity index (χ4v) is 0. The summed E-state index contributed by atoms with van der Waals surface area (Å²) < 4.78 is 0. The molecule has 1 radical (unpaired) electrons. The summed E-state index contributed by atoms with van der Waals surface area (Å²) in [4.78, 5) is 29.3. The van der Waals surface area contributed by atoms with Crippen LogP contribution < -0.4 is 0 Å². The third-order valence-corrected chi connectivity index (χ3v) is 0. The Balaban J connectivity index is -0.00000000800. The Morgan fingerprint density at radius 1 is 1.00 bits per heavy atom. The Bertz CT molecular complexity index is 38.7. The molecular weight excluding hydrogens is 221 g/mol. The van der Waals surface area contributed by atoms with Crippen molar-refractivity contribution in [2.45, 2.75) is 0 Å². The van der Waals surface area contributed by atoms with Crippen LogP contribution >= 0.6 is 0 Å². The van der Waals surface area contributed by atoms with Crippen molar-refractivity contribution in [3.63, 3.8) is 0 Å². The molecule has 8 heteroatoms. The van der Waals surface area contributed by atoms with Crippen LogP contribution in [0.2, 0.25) is 0 Å². The second-order valence-corrected chi connectivity index (χ2v) is 1.80. The molecule has 0 aromatic heterocycles. The van der Waals surface area contributed by atoms with Gasteiger partial charge >= 0.3 is 19.2 Å². The summed E-state index contributed by atoms with van der Waals surface area (Å²) in [6.45, 7) is 0. The van der Waals surface area contributed by atoms with Gasteiger partial charge in [0.1, 0.15) is 0 Å². The Hall–Kier alpha value is 1.37. The van der Waals surface area contributed by atoms with Crippen molar-refractivity contribution in [3.05, 3.63) is 0 Å². The molecule has 0 spiro atoms. The van der Waals surface area contributed by atoms with Crippen molar-refractivity contribution >= 4 is 19.2 Å². The molecule has 0 unspecified atom stereocenters. The van der Waals surface area contributed by atoms with Crippen LogP contribution in [0.5, 0.6) is 0 Å². The van der Waals surface area contributed by atoms with E-state index in [1.807, 2.05) is 0 Å². The normalized spacial score (nSPS) is 7.50. The van der Waals surface area contributed by atoms with E-state index in [0.717, 1.165) is 0 Å². The van der Waals surface area contributed by atoms with Gasteiger partial charge in [-0.2, -0.15) is 0 Å². The molecule has 0 atom stereocenters. The smallest absolute Gasteiger partial charge is 1.00 e. The van der Waals surface area contributed by atoms with Crippen molar-refractivity contribution in [2.75, 3.05) is 0 Å². The monoisotopic (exact) mass is 226 g/mol. The molecule has 0 aromatic rings. The topological polar surface area (TPSA) is 80.9 Å². The maximum absolute atomic E-state index is 7.33. The van der Waals surface area contributed by atoms with Gasteiger partial charge in [-0.3, -0.25) is 0 Å². The predicted molar refractivity (Wildman–Crippen MR) is 22.6 cm³/mol. The van der Waals surface area contributed by atoms with Gasteiger partial charge in [0.2, 0.25) is 0 Å². The minimum absolute atomic E-state index is 0. The van der Waals surface area contributed by atoms with Crippen LogP contribution in [-0.2, 0) is 36.5 Å². The molecule has 8 heavy (non-hydrogen) atoms. The summed E-state index contributed by atoms with van der Waals surface area (Å²) >= 11 is 0. The van der Waals surface area contributed by atoms with Crippen molar-refractivity contribution < 1.29 is 58.6 Å². The number of hydrogen-bond donors (Lipinski definition) is 4. The van der Waals surface area contributed by atoms with E-state index in [0.29, 0.717) is 0 Å². The third kappa shape index (κ3) is 160. The summed E-state index contributed by atoms with van der Waals surface area (Å²) in [5, 5.41) is 0. The molecule has 0 aliphatic carbocycles. The molecule has 0 bridgehead atoms. The maximum atomic E-state index is 7.33. The van der Waals surface area contributed by atoms with Gasteiger partial charge < -0.3 is 22.0 Å². The van der Waals surface area contributed by atoms with Gasteiger partial charge in [0.25, 0.3) is 0 Å². The van der Waals surface area contributed by atoms with Gasteiger partial charge in [0.15, 0.2) is 0 Å². The average Bonchev–Trinajstić information content (AvgIpc) is 0.722. The first kappa shape index (κ1) is 22.8. The quantitative estimate of drug-likeness (QED) is 0.338. The molecule has 0 saturated heterocycles. The van der Waals surface area contributed by atoms with E-state index in [1.165, 1.54) is 0 Å². The summed E-state index contributed by atoms with van der Waals surface area (Å²) in [6.07, 6.45) is 0. The van der Waals surface area contributed by atoms with Gasteiger partial charge in [0, 0.05) is 36.5 Å². The molecule has 0 aliphatic rings. The molecule has 0 rings (SSSR count). The molecule has 0 amide bonds. The van der Waals surface area contributed by atoms with E-state index in [9.17, 15) is 0 Å². The van der Waals surface area contributed by atoms with Crippen LogP contribution in [0.15, 0.2) is 0 Å². The van der Waals surface area contributed by atoms with E-state index in [4.69, 9.17) is 19.2 Å². The van der Waals surface area contributed by atoms with Crippen molar-refractivity contribution in [2.24, 2.45) is 0 Å². The number of hydrogen-bond acceptors (Lipinski definition) is 4. The van der Waals surface area contributed by atoms with Gasteiger partial charge in [-0.1, -0.05) is 0 Å². The number of rotatable bonds is 0. The van der Waals surface area contributed by atoms with Crippen LogP contribution in [0.25, 0.3) is 0 Å². The van der Waals surface area contributed by atoms with Crippen molar-refractivity contribution in [1.29, 1.82) is 0 Å². The zero-order chi connectivity index (χ0) is 4.50. The van der Waals surface area contributed by atoms with Crippen LogP contribution in [-0.4, -0.2) is 38.4 Å². The molecule has 0 aromatic carbocycles. The summed E-state index contributed by atoms with van der Waals surface area (Å²) in [5.41, 5.74) is 0. The van der Waals surface area contributed by atoms with E-state index in [-0.39, 0.29) is 49.5 Å². The second kappa shape index (κ2) is 8.37. The largest absolute Gasteiger partial charge is 2.00 e. The van der Waals surface area contributed by atoms with E-state index in [1.54, 1.807) is 0 Å². The predicted octanol–water partition coefficient (Wildman–Crippen LogP) is -2.77.